The highest BCUT2D eigenvalue weighted by atomic mass is 35.5. The number of fused-ring (bicyclic) bond motifs is 1. The van der Waals surface area contributed by atoms with Crippen LogP contribution in [0.1, 0.15) is 17.3 Å². The molecule has 0 unspecified atom stereocenters. The number of nitrogens with one attached hydrogen (secondary N) is 1. The third kappa shape index (κ3) is 2.93. The topological polar surface area (TPSA) is 65.6 Å². The van der Waals surface area contributed by atoms with Crippen LogP contribution in [0.2, 0.25) is 5.02 Å². The number of Topliss-reactive ketones (excluding diaryl/α,β-unsaturated/α-hetero) is 1. The Morgan fingerprint density at radius 3 is 2.54 bits per heavy atom. The van der Waals surface area contributed by atoms with E-state index in [1.807, 2.05) is 18.2 Å². The average molecular weight is 371 g/mol. The van der Waals surface area contributed by atoms with E-state index in [2.05, 4.69) is 22.0 Å². The number of carbonyl (C=O) groups excluding carboxylic acids is 1. The molecular weight excluding hydrogens is 352 g/mol. The van der Waals surface area contributed by atoms with Crippen LogP contribution in [0.15, 0.2) is 36.4 Å². The summed E-state index contributed by atoms with van der Waals surface area (Å²) >= 11 is 6.45. The largest absolute Gasteiger partial charge is 0.494 e. The predicted octanol–water partition coefficient (Wildman–Crippen LogP) is 4.23. The molecule has 2 aromatic carbocycles. The summed E-state index contributed by atoms with van der Waals surface area (Å²) < 4.78 is 5.39. The first-order chi connectivity index (χ1) is 12.5. The highest BCUT2D eigenvalue weighted by Crippen LogP contribution is 2.37. The third-order valence-corrected chi connectivity index (χ3v) is 5.09. The minimum atomic E-state index is -0.190. The number of aromatic hydroxyl groups is 1. The van der Waals surface area contributed by atoms with E-state index in [4.69, 9.17) is 16.3 Å². The number of carbonyl (C=O) groups is 1. The van der Waals surface area contributed by atoms with Crippen LogP contribution in [-0.2, 0) is 4.74 Å². The minimum Gasteiger partial charge on any atom is -0.494 e. The van der Waals surface area contributed by atoms with E-state index in [1.54, 1.807) is 6.07 Å². The second-order valence-electron chi connectivity index (χ2n) is 6.43. The summed E-state index contributed by atoms with van der Waals surface area (Å²) in [6, 6.07) is 11.8. The van der Waals surface area contributed by atoms with Gasteiger partial charge in [0.2, 0.25) is 5.88 Å². The molecule has 6 heteroatoms. The molecule has 2 heterocycles. The van der Waals surface area contributed by atoms with Gasteiger partial charge in [-0.3, -0.25) is 4.79 Å². The zero-order valence-corrected chi connectivity index (χ0v) is 15.1. The average Bonchev–Trinajstić information content (AvgIpc) is 2.96. The Bertz CT molecular complexity index is 973. The molecule has 0 amide bonds. The molecule has 4 rings (SSSR count). The number of aromatic nitrogens is 1. The van der Waals surface area contributed by atoms with Crippen LogP contribution in [0.25, 0.3) is 22.0 Å². The number of ketones is 1. The van der Waals surface area contributed by atoms with Gasteiger partial charge in [-0.1, -0.05) is 23.7 Å². The summed E-state index contributed by atoms with van der Waals surface area (Å²) in [6.07, 6.45) is 0. The number of ether oxygens (including phenoxy) is 1. The maximum atomic E-state index is 11.9. The maximum absolute atomic E-state index is 11.9. The lowest BCUT2D eigenvalue weighted by Crippen LogP contribution is -2.36. The molecule has 1 saturated heterocycles. The van der Waals surface area contributed by atoms with Crippen molar-refractivity contribution in [2.45, 2.75) is 6.92 Å². The summed E-state index contributed by atoms with van der Waals surface area (Å²) in [5, 5.41) is 11.2. The van der Waals surface area contributed by atoms with Gasteiger partial charge in [0.15, 0.2) is 5.78 Å². The lowest BCUT2D eigenvalue weighted by molar-refractivity contribution is 0.101. The Labute approximate surface area is 156 Å². The Balaban J connectivity index is 1.74. The summed E-state index contributed by atoms with van der Waals surface area (Å²) in [5.41, 5.74) is 3.88. The molecule has 0 spiro atoms. The van der Waals surface area contributed by atoms with E-state index in [1.165, 1.54) is 6.92 Å². The Morgan fingerprint density at radius 2 is 1.88 bits per heavy atom. The van der Waals surface area contributed by atoms with Crippen LogP contribution in [-0.4, -0.2) is 42.2 Å². The van der Waals surface area contributed by atoms with Gasteiger partial charge in [0.25, 0.3) is 0 Å². The zero-order valence-electron chi connectivity index (χ0n) is 14.4. The van der Waals surface area contributed by atoms with E-state index in [0.717, 1.165) is 43.1 Å². The molecule has 0 aliphatic carbocycles. The number of benzene rings is 2. The van der Waals surface area contributed by atoms with Crippen molar-refractivity contribution in [1.82, 2.24) is 4.98 Å². The van der Waals surface area contributed by atoms with Crippen molar-refractivity contribution in [1.29, 1.82) is 0 Å². The standard InChI is InChI=1S/C20H19ClN2O3/c1-12(24)19-16-10-15(17(21)11-18(16)22-20(19)25)13-2-4-14(5-3-13)23-6-8-26-9-7-23/h2-5,10-11,22,25H,6-9H2,1H3. The predicted molar refractivity (Wildman–Crippen MR) is 103 cm³/mol. The van der Waals surface area contributed by atoms with Gasteiger partial charge in [-0.25, -0.2) is 0 Å². The number of halogens is 1. The maximum Gasteiger partial charge on any atom is 0.200 e. The number of hydrogen-bond acceptors (Lipinski definition) is 4. The molecule has 0 radical (unpaired) electrons. The van der Waals surface area contributed by atoms with Crippen LogP contribution in [0.5, 0.6) is 5.88 Å². The molecule has 134 valence electrons. The van der Waals surface area contributed by atoms with E-state index in [9.17, 15) is 9.90 Å². The quantitative estimate of drug-likeness (QED) is 0.677. The fourth-order valence-electron chi connectivity index (χ4n) is 3.45. The molecule has 1 aromatic heterocycles. The number of hydrogen-bond donors (Lipinski definition) is 2. The van der Waals surface area contributed by atoms with E-state index in [0.29, 0.717) is 21.5 Å². The van der Waals surface area contributed by atoms with Gasteiger partial charge >= 0.3 is 0 Å². The van der Waals surface area contributed by atoms with Gasteiger partial charge in [0.1, 0.15) is 0 Å². The lowest BCUT2D eigenvalue weighted by atomic mass is 10.0. The first kappa shape index (κ1) is 16.9. The number of nitrogens with zero attached hydrogens (tertiary/aromatic N) is 1. The Morgan fingerprint density at radius 1 is 1.19 bits per heavy atom. The van der Waals surface area contributed by atoms with Crippen molar-refractivity contribution >= 4 is 34.0 Å². The van der Waals surface area contributed by atoms with Crippen molar-refractivity contribution in [3.8, 4) is 17.0 Å². The highest BCUT2D eigenvalue weighted by molar-refractivity contribution is 6.34. The fraction of sp³-hybridized carbons (Fsp3) is 0.250. The molecular formula is C20H19ClN2O3. The van der Waals surface area contributed by atoms with Gasteiger partial charge in [-0.15, -0.1) is 0 Å². The lowest BCUT2D eigenvalue weighted by Gasteiger charge is -2.29. The SMILES string of the molecule is CC(=O)c1c(O)[nH]c2cc(Cl)c(-c3ccc(N4CCOCC4)cc3)cc12. The van der Waals surface area contributed by atoms with E-state index < -0.39 is 0 Å². The monoisotopic (exact) mass is 370 g/mol. The van der Waals surface area contributed by atoms with Crippen molar-refractivity contribution < 1.29 is 14.6 Å². The molecule has 2 N–H and O–H groups in total. The zero-order chi connectivity index (χ0) is 18.3. The third-order valence-electron chi connectivity index (χ3n) is 4.77. The van der Waals surface area contributed by atoms with Gasteiger partial charge in [0.05, 0.1) is 29.3 Å². The number of aromatic amines is 1. The molecule has 0 saturated carbocycles. The molecule has 0 bridgehead atoms. The summed E-state index contributed by atoms with van der Waals surface area (Å²) in [6.45, 7) is 4.70. The van der Waals surface area contributed by atoms with Gasteiger partial charge in [-0.2, -0.15) is 0 Å². The minimum absolute atomic E-state index is 0.122. The highest BCUT2D eigenvalue weighted by Gasteiger charge is 2.18. The number of morpholine rings is 1. The summed E-state index contributed by atoms with van der Waals surface area (Å²) in [5.74, 6) is -0.312. The summed E-state index contributed by atoms with van der Waals surface area (Å²) in [4.78, 5) is 17.0. The van der Waals surface area contributed by atoms with Crippen molar-refractivity contribution in [3.05, 3.63) is 47.0 Å². The normalized spacial score (nSPS) is 14.8. The van der Waals surface area contributed by atoms with Gasteiger partial charge in [0, 0.05) is 29.7 Å². The molecule has 1 aliphatic rings. The van der Waals surface area contributed by atoms with E-state index >= 15 is 0 Å². The van der Waals surface area contributed by atoms with Crippen LogP contribution < -0.4 is 4.90 Å². The number of rotatable bonds is 3. The van der Waals surface area contributed by atoms with Gasteiger partial charge in [-0.05, 0) is 36.8 Å². The number of H-pyrrole nitrogens is 1. The van der Waals surface area contributed by atoms with Crippen molar-refractivity contribution in [3.63, 3.8) is 0 Å². The molecule has 5 nitrogen and oxygen atoms in total. The second-order valence-corrected chi connectivity index (χ2v) is 6.84. The molecule has 0 atom stereocenters. The fourth-order valence-corrected chi connectivity index (χ4v) is 3.72. The number of anilines is 1. The molecule has 1 aliphatic heterocycles. The Kier molecular flexibility index (Phi) is 4.34. The smallest absolute Gasteiger partial charge is 0.200 e. The first-order valence-corrected chi connectivity index (χ1v) is 8.90. The molecule has 3 aromatic rings. The van der Waals surface area contributed by atoms with Crippen LogP contribution in [0.4, 0.5) is 5.69 Å². The Hall–Kier alpha value is -2.50. The molecule has 1 fully saturated rings. The van der Waals surface area contributed by atoms with E-state index in [-0.39, 0.29) is 11.7 Å². The first-order valence-electron chi connectivity index (χ1n) is 8.53. The molecule has 26 heavy (non-hydrogen) atoms. The van der Waals surface area contributed by atoms with Crippen molar-refractivity contribution in [2.24, 2.45) is 0 Å². The van der Waals surface area contributed by atoms with Crippen LogP contribution >= 0.6 is 11.6 Å². The van der Waals surface area contributed by atoms with Gasteiger partial charge < -0.3 is 19.7 Å². The van der Waals surface area contributed by atoms with Crippen molar-refractivity contribution in [2.75, 3.05) is 31.2 Å². The van der Waals surface area contributed by atoms with Crippen LogP contribution in [0, 0.1) is 0 Å². The second kappa shape index (κ2) is 6.67. The van der Waals surface area contributed by atoms with Crippen LogP contribution in [0.3, 0.4) is 0 Å². The summed E-state index contributed by atoms with van der Waals surface area (Å²) in [7, 11) is 0.